The summed E-state index contributed by atoms with van der Waals surface area (Å²) in [6, 6.07) is 12.4. The van der Waals surface area contributed by atoms with Crippen molar-refractivity contribution < 1.29 is 8.78 Å². The van der Waals surface area contributed by atoms with Crippen molar-refractivity contribution in [1.82, 2.24) is 24.8 Å². The summed E-state index contributed by atoms with van der Waals surface area (Å²) in [5.74, 6) is -0.326. The number of halogens is 2. The van der Waals surface area contributed by atoms with Crippen LogP contribution in [0, 0.1) is 11.6 Å². The van der Waals surface area contributed by atoms with Crippen LogP contribution < -0.4 is 10.2 Å². The van der Waals surface area contributed by atoms with E-state index in [9.17, 15) is 8.78 Å². The van der Waals surface area contributed by atoms with Crippen LogP contribution in [0.5, 0.6) is 0 Å². The van der Waals surface area contributed by atoms with Gasteiger partial charge < -0.3 is 10.2 Å². The average molecular weight is 418 g/mol. The molecule has 6 nitrogen and oxygen atoms in total. The Morgan fingerprint density at radius 1 is 1.03 bits per heavy atom. The molecule has 7 rings (SSSR count). The van der Waals surface area contributed by atoms with E-state index < -0.39 is 11.6 Å². The first-order valence-corrected chi connectivity index (χ1v) is 10.4. The fourth-order valence-corrected chi connectivity index (χ4v) is 4.77. The highest BCUT2D eigenvalue weighted by Gasteiger charge is 2.33. The molecular formula is C23H20F2N6. The van der Waals surface area contributed by atoms with E-state index in [1.807, 2.05) is 10.6 Å². The second-order valence-corrected chi connectivity index (χ2v) is 8.12. The van der Waals surface area contributed by atoms with Crippen molar-refractivity contribution in [2.75, 3.05) is 18.0 Å². The highest BCUT2D eigenvalue weighted by molar-refractivity contribution is 5.86. The van der Waals surface area contributed by atoms with Crippen LogP contribution in [-0.2, 0) is 0 Å². The van der Waals surface area contributed by atoms with E-state index in [-0.39, 0.29) is 5.56 Å². The van der Waals surface area contributed by atoms with Crippen LogP contribution >= 0.6 is 0 Å². The van der Waals surface area contributed by atoms with E-state index >= 15 is 0 Å². The van der Waals surface area contributed by atoms with Crippen molar-refractivity contribution in [3.63, 3.8) is 0 Å². The molecule has 8 heteroatoms. The number of fused-ring (bicyclic) bond motifs is 4. The molecule has 3 aliphatic rings. The van der Waals surface area contributed by atoms with E-state index in [1.54, 1.807) is 12.3 Å². The summed E-state index contributed by atoms with van der Waals surface area (Å²) in [7, 11) is 0. The normalized spacial score (nSPS) is 20.5. The van der Waals surface area contributed by atoms with Gasteiger partial charge in [0.1, 0.15) is 29.6 Å². The Kier molecular flexibility index (Phi) is 4.21. The van der Waals surface area contributed by atoms with Crippen molar-refractivity contribution in [3.8, 4) is 17.2 Å². The summed E-state index contributed by atoms with van der Waals surface area (Å²) in [6.45, 7) is 1.96. The third-order valence-electron chi connectivity index (χ3n) is 6.29. The van der Waals surface area contributed by atoms with Crippen LogP contribution in [0.1, 0.15) is 12.8 Å². The molecule has 0 spiro atoms. The number of aromatic nitrogens is 4. The number of piperazine rings is 1. The molecule has 2 aromatic carbocycles. The Morgan fingerprint density at radius 2 is 1.97 bits per heavy atom. The Balaban J connectivity index is 1.55. The number of hydrogen-bond acceptors (Lipinski definition) is 5. The molecular weight excluding hydrogens is 398 g/mol. The van der Waals surface area contributed by atoms with Crippen LogP contribution in [0.4, 0.5) is 14.5 Å². The topological polar surface area (TPSA) is 58.9 Å². The number of imidazole rings is 1. The maximum Gasteiger partial charge on any atom is 0.149 e. The van der Waals surface area contributed by atoms with Gasteiger partial charge in [0.2, 0.25) is 0 Å². The van der Waals surface area contributed by atoms with Gasteiger partial charge in [-0.05, 0) is 49.2 Å². The smallest absolute Gasteiger partial charge is 0.149 e. The van der Waals surface area contributed by atoms with Gasteiger partial charge in [0.25, 0.3) is 0 Å². The minimum atomic E-state index is -0.662. The fraction of sp³-hybridized carbons (Fsp3) is 0.261. The van der Waals surface area contributed by atoms with Crippen LogP contribution in [0.3, 0.4) is 0 Å². The van der Waals surface area contributed by atoms with Crippen molar-refractivity contribution in [1.29, 1.82) is 0 Å². The van der Waals surface area contributed by atoms with E-state index in [1.165, 1.54) is 31.3 Å². The quantitative estimate of drug-likeness (QED) is 0.550. The molecule has 3 aliphatic heterocycles. The van der Waals surface area contributed by atoms with Crippen LogP contribution in [-0.4, -0.2) is 44.7 Å². The van der Waals surface area contributed by atoms with E-state index in [0.29, 0.717) is 23.7 Å². The largest absolute Gasteiger partial charge is 0.366 e. The first-order chi connectivity index (χ1) is 15.2. The molecule has 3 fully saturated rings. The van der Waals surface area contributed by atoms with Crippen LogP contribution in [0.2, 0.25) is 0 Å². The lowest BCUT2D eigenvalue weighted by Gasteiger charge is -2.47. The van der Waals surface area contributed by atoms with Gasteiger partial charge in [0.05, 0.1) is 16.6 Å². The van der Waals surface area contributed by atoms with E-state index in [4.69, 9.17) is 4.98 Å². The summed E-state index contributed by atoms with van der Waals surface area (Å²) >= 11 is 0. The van der Waals surface area contributed by atoms with Gasteiger partial charge in [0, 0.05) is 43.1 Å². The molecule has 4 aromatic rings. The number of benzene rings is 2. The number of hydrogen-bond donors (Lipinski definition) is 1. The minimum Gasteiger partial charge on any atom is -0.366 e. The van der Waals surface area contributed by atoms with Crippen molar-refractivity contribution in [2.24, 2.45) is 0 Å². The summed E-state index contributed by atoms with van der Waals surface area (Å²) in [4.78, 5) is 15.5. The molecule has 0 aliphatic carbocycles. The molecule has 31 heavy (non-hydrogen) atoms. The Hall–Kier alpha value is -3.39. The zero-order valence-corrected chi connectivity index (χ0v) is 16.7. The first-order valence-electron chi connectivity index (χ1n) is 10.4. The molecule has 1 N–H and O–H groups in total. The maximum atomic E-state index is 14.7. The van der Waals surface area contributed by atoms with Crippen LogP contribution in [0.15, 0.2) is 55.0 Å². The first kappa shape index (κ1) is 18.4. The number of rotatable bonds is 3. The Labute approximate surface area is 177 Å². The monoisotopic (exact) mass is 418 g/mol. The number of anilines is 1. The molecule has 2 unspecified atom stereocenters. The molecule has 0 amide bonds. The lowest BCUT2D eigenvalue weighted by Crippen LogP contribution is -2.61. The summed E-state index contributed by atoms with van der Waals surface area (Å²) in [5, 5.41) is 3.58. The number of piperidine rings is 2. The molecule has 2 atom stereocenters. The summed E-state index contributed by atoms with van der Waals surface area (Å²) in [5.41, 5.74) is 2.88. The lowest BCUT2D eigenvalue weighted by atomic mass is 9.92. The SMILES string of the molecule is Fc1ccc(-c2nc3ccc(N4CC5CCC4CN5)cc3n2-c2ccncn2)c(F)c1. The fourth-order valence-electron chi connectivity index (χ4n) is 4.77. The standard InChI is InChI=1S/C23H20F2N6/c24-14-1-5-18(19(25)9-14)23-29-20-6-4-16(30-12-15-2-3-17(30)11-27-15)10-21(20)31(23)22-7-8-26-13-28-22/h1,4-10,13,15,17,27H,2-3,11-12H2. The highest BCUT2D eigenvalue weighted by Crippen LogP contribution is 2.34. The second-order valence-electron chi connectivity index (χ2n) is 8.12. The van der Waals surface area contributed by atoms with Crippen LogP contribution in [0.25, 0.3) is 28.2 Å². The third-order valence-corrected chi connectivity index (χ3v) is 6.29. The lowest BCUT2D eigenvalue weighted by molar-refractivity contribution is 0.290. The molecule has 2 aromatic heterocycles. The highest BCUT2D eigenvalue weighted by atomic mass is 19.1. The van der Waals surface area contributed by atoms with E-state index in [0.717, 1.165) is 35.9 Å². The maximum absolute atomic E-state index is 14.7. The van der Waals surface area contributed by atoms with Gasteiger partial charge in [-0.2, -0.15) is 0 Å². The zero-order valence-electron chi connectivity index (χ0n) is 16.7. The number of nitrogens with one attached hydrogen (secondary N) is 1. The summed E-state index contributed by atoms with van der Waals surface area (Å²) in [6.07, 6.45) is 5.46. The summed E-state index contributed by atoms with van der Waals surface area (Å²) < 4.78 is 30.0. The van der Waals surface area contributed by atoms with Gasteiger partial charge >= 0.3 is 0 Å². The van der Waals surface area contributed by atoms with Gasteiger partial charge in [-0.25, -0.2) is 23.7 Å². The van der Waals surface area contributed by atoms with Gasteiger partial charge in [-0.3, -0.25) is 4.57 Å². The predicted octanol–water partition coefficient (Wildman–Crippen LogP) is 3.70. The molecule has 0 saturated carbocycles. The Morgan fingerprint density at radius 3 is 2.68 bits per heavy atom. The third kappa shape index (κ3) is 3.06. The Bertz CT molecular complexity index is 1260. The molecule has 156 valence electrons. The van der Waals surface area contributed by atoms with Gasteiger partial charge in [-0.15, -0.1) is 0 Å². The van der Waals surface area contributed by atoms with Crippen molar-refractivity contribution in [3.05, 3.63) is 66.6 Å². The minimum absolute atomic E-state index is 0.221. The zero-order chi connectivity index (χ0) is 20.9. The second kappa shape index (κ2) is 7.09. The average Bonchev–Trinajstić information content (AvgIpc) is 3.18. The molecule has 3 saturated heterocycles. The number of nitrogens with zero attached hydrogens (tertiary/aromatic N) is 5. The molecule has 2 bridgehead atoms. The molecule has 5 heterocycles. The predicted molar refractivity (Wildman–Crippen MR) is 114 cm³/mol. The van der Waals surface area contributed by atoms with Crippen molar-refractivity contribution in [2.45, 2.75) is 24.9 Å². The molecule has 0 radical (unpaired) electrons. The van der Waals surface area contributed by atoms with Crippen molar-refractivity contribution >= 4 is 16.7 Å². The van der Waals surface area contributed by atoms with Gasteiger partial charge in [-0.1, -0.05) is 0 Å². The van der Waals surface area contributed by atoms with E-state index in [2.05, 4.69) is 32.3 Å². The van der Waals surface area contributed by atoms with Gasteiger partial charge in [0.15, 0.2) is 0 Å².